The Kier molecular flexibility index (Phi) is 6.59. The molecule has 9 heteroatoms. The van der Waals surface area contributed by atoms with Gasteiger partial charge in [0.2, 0.25) is 11.8 Å². The Morgan fingerprint density at radius 3 is 2.38 bits per heavy atom. The van der Waals surface area contributed by atoms with Crippen LogP contribution in [0.1, 0.15) is 27.2 Å². The Bertz CT molecular complexity index is 542. The highest BCUT2D eigenvalue weighted by Gasteiger charge is 2.44. The first-order chi connectivity index (χ1) is 12.1. The van der Waals surface area contributed by atoms with Gasteiger partial charge in [0, 0.05) is 39.1 Å². The summed E-state index contributed by atoms with van der Waals surface area (Å²) in [5.74, 6) is -1.86. The van der Waals surface area contributed by atoms with Gasteiger partial charge in [-0.3, -0.25) is 14.5 Å². The van der Waals surface area contributed by atoms with E-state index in [4.69, 9.17) is 0 Å². The summed E-state index contributed by atoms with van der Waals surface area (Å²) in [5, 5.41) is 25.1. The SMILES string of the molecule is CC(C)(C)C(NC(=O)CN1CCNCC1)C(=O)N1C[C@H](O)C[C@H]1C(=O)O. The summed E-state index contributed by atoms with van der Waals surface area (Å²) in [7, 11) is 0. The number of piperazine rings is 1. The van der Waals surface area contributed by atoms with Crippen molar-refractivity contribution in [2.45, 2.75) is 45.4 Å². The van der Waals surface area contributed by atoms with Crippen LogP contribution < -0.4 is 10.6 Å². The Hall–Kier alpha value is -1.71. The predicted octanol–water partition coefficient (Wildman–Crippen LogP) is -1.53. The van der Waals surface area contributed by atoms with Gasteiger partial charge in [-0.25, -0.2) is 4.79 Å². The number of aliphatic hydroxyl groups excluding tert-OH is 1. The Morgan fingerprint density at radius 1 is 1.23 bits per heavy atom. The number of amides is 2. The summed E-state index contributed by atoms with van der Waals surface area (Å²) in [6, 6.07) is -1.92. The van der Waals surface area contributed by atoms with Crippen LogP contribution in [0.4, 0.5) is 0 Å². The lowest BCUT2D eigenvalue weighted by atomic mass is 9.85. The topological polar surface area (TPSA) is 122 Å². The maximum absolute atomic E-state index is 13.0. The zero-order valence-electron chi connectivity index (χ0n) is 15.7. The molecule has 0 aromatic rings. The molecule has 2 rings (SSSR count). The third-order valence-electron chi connectivity index (χ3n) is 4.84. The molecule has 148 valence electrons. The molecule has 2 heterocycles. The first-order valence-corrected chi connectivity index (χ1v) is 9.03. The summed E-state index contributed by atoms with van der Waals surface area (Å²) in [5.41, 5.74) is -0.590. The number of β-amino-alcohol motifs (C(OH)–C–C–N with tert-alkyl or cyclic N) is 1. The lowest BCUT2D eigenvalue weighted by molar-refractivity contribution is -0.150. The zero-order chi connectivity index (χ0) is 19.5. The summed E-state index contributed by atoms with van der Waals surface area (Å²) in [6.07, 6.45) is -0.857. The number of hydrogen-bond acceptors (Lipinski definition) is 6. The fraction of sp³-hybridized carbons (Fsp3) is 0.824. The molecule has 3 atom stereocenters. The molecule has 2 saturated heterocycles. The van der Waals surface area contributed by atoms with E-state index >= 15 is 0 Å². The highest BCUT2D eigenvalue weighted by atomic mass is 16.4. The minimum atomic E-state index is -1.14. The number of likely N-dealkylation sites (tertiary alicyclic amines) is 1. The van der Waals surface area contributed by atoms with E-state index in [0.717, 1.165) is 26.2 Å². The average Bonchev–Trinajstić information content (AvgIpc) is 2.94. The lowest BCUT2D eigenvalue weighted by Crippen LogP contribution is -2.58. The first-order valence-electron chi connectivity index (χ1n) is 9.03. The van der Waals surface area contributed by atoms with Crippen LogP contribution >= 0.6 is 0 Å². The zero-order valence-corrected chi connectivity index (χ0v) is 15.7. The number of rotatable bonds is 5. The van der Waals surface area contributed by atoms with Crippen LogP contribution in [-0.4, -0.2) is 95.3 Å². The van der Waals surface area contributed by atoms with E-state index in [2.05, 4.69) is 10.6 Å². The third kappa shape index (κ3) is 5.15. The molecule has 4 N–H and O–H groups in total. The van der Waals surface area contributed by atoms with Crippen molar-refractivity contribution in [2.75, 3.05) is 39.3 Å². The largest absolute Gasteiger partial charge is 0.480 e. The summed E-state index contributed by atoms with van der Waals surface area (Å²) in [4.78, 5) is 40.0. The number of nitrogens with zero attached hydrogens (tertiary/aromatic N) is 2. The molecule has 1 unspecified atom stereocenters. The molecule has 2 aliphatic rings. The van der Waals surface area contributed by atoms with Crippen molar-refractivity contribution in [1.29, 1.82) is 0 Å². The number of carboxylic acids is 1. The predicted molar refractivity (Wildman–Crippen MR) is 94.5 cm³/mol. The quantitative estimate of drug-likeness (QED) is 0.463. The molecule has 0 aromatic carbocycles. The number of aliphatic carboxylic acids is 1. The number of nitrogens with one attached hydrogen (secondary N) is 2. The monoisotopic (exact) mass is 370 g/mol. The fourth-order valence-corrected chi connectivity index (χ4v) is 3.38. The standard InChI is InChI=1S/C17H30N4O5/c1-17(2,3)14(19-13(23)10-20-6-4-18-5-7-20)15(24)21-9-11(22)8-12(21)16(25)26/h11-12,14,18,22H,4-10H2,1-3H3,(H,19,23)(H,25,26)/t11-,12+,14?/m1/s1. The molecule has 2 aliphatic heterocycles. The van der Waals surface area contributed by atoms with E-state index in [1.165, 1.54) is 4.90 Å². The van der Waals surface area contributed by atoms with Gasteiger partial charge in [-0.2, -0.15) is 0 Å². The minimum absolute atomic E-state index is 0.00661. The molecule has 0 spiro atoms. The van der Waals surface area contributed by atoms with Crippen molar-refractivity contribution in [3.63, 3.8) is 0 Å². The van der Waals surface area contributed by atoms with Gasteiger partial charge < -0.3 is 25.7 Å². The minimum Gasteiger partial charge on any atom is -0.480 e. The highest BCUT2D eigenvalue weighted by Crippen LogP contribution is 2.26. The summed E-state index contributed by atoms with van der Waals surface area (Å²) >= 11 is 0. The number of aliphatic hydroxyl groups is 1. The van der Waals surface area contributed by atoms with Gasteiger partial charge in [-0.05, 0) is 5.41 Å². The van der Waals surface area contributed by atoms with E-state index in [0.29, 0.717) is 0 Å². The summed E-state index contributed by atoms with van der Waals surface area (Å²) in [6.45, 7) is 8.81. The Morgan fingerprint density at radius 2 is 1.85 bits per heavy atom. The third-order valence-corrected chi connectivity index (χ3v) is 4.84. The molecule has 0 aliphatic carbocycles. The fourth-order valence-electron chi connectivity index (χ4n) is 3.38. The molecule has 26 heavy (non-hydrogen) atoms. The Balaban J connectivity index is 2.07. The first kappa shape index (κ1) is 20.6. The molecule has 0 aromatic heterocycles. The second-order valence-corrected chi connectivity index (χ2v) is 8.13. The van der Waals surface area contributed by atoms with Crippen molar-refractivity contribution in [1.82, 2.24) is 20.4 Å². The number of carbonyl (C=O) groups excluding carboxylic acids is 2. The molecule has 9 nitrogen and oxygen atoms in total. The normalized spacial score (nSPS) is 25.8. The van der Waals surface area contributed by atoms with E-state index in [9.17, 15) is 24.6 Å². The van der Waals surface area contributed by atoms with Crippen LogP contribution in [0.15, 0.2) is 0 Å². The van der Waals surface area contributed by atoms with Gasteiger partial charge in [0.15, 0.2) is 0 Å². The van der Waals surface area contributed by atoms with Crippen LogP contribution in [0.5, 0.6) is 0 Å². The van der Waals surface area contributed by atoms with Crippen LogP contribution in [0.25, 0.3) is 0 Å². The lowest BCUT2D eigenvalue weighted by Gasteiger charge is -2.35. The number of hydrogen-bond donors (Lipinski definition) is 4. The average molecular weight is 370 g/mol. The van der Waals surface area contributed by atoms with E-state index in [-0.39, 0.29) is 25.4 Å². The van der Waals surface area contributed by atoms with E-state index < -0.39 is 35.5 Å². The highest BCUT2D eigenvalue weighted by molar-refractivity contribution is 5.92. The van der Waals surface area contributed by atoms with Crippen LogP contribution in [0.2, 0.25) is 0 Å². The molecule has 0 radical (unpaired) electrons. The van der Waals surface area contributed by atoms with Crippen LogP contribution in [0.3, 0.4) is 0 Å². The van der Waals surface area contributed by atoms with Crippen LogP contribution in [-0.2, 0) is 14.4 Å². The maximum atomic E-state index is 13.0. The van der Waals surface area contributed by atoms with Gasteiger partial charge in [0.05, 0.1) is 12.6 Å². The number of carbonyl (C=O) groups is 3. The number of carboxylic acid groups (broad SMARTS) is 1. The van der Waals surface area contributed by atoms with Crippen molar-refractivity contribution in [2.24, 2.45) is 5.41 Å². The van der Waals surface area contributed by atoms with E-state index in [1.54, 1.807) is 0 Å². The Labute approximate surface area is 153 Å². The smallest absolute Gasteiger partial charge is 0.326 e. The van der Waals surface area contributed by atoms with E-state index in [1.807, 2.05) is 25.7 Å². The molecule has 2 amide bonds. The van der Waals surface area contributed by atoms with Gasteiger partial charge in [0.1, 0.15) is 12.1 Å². The van der Waals surface area contributed by atoms with Gasteiger partial charge in [0.25, 0.3) is 0 Å². The molecule has 0 bridgehead atoms. The molecule has 0 saturated carbocycles. The van der Waals surface area contributed by atoms with Crippen molar-refractivity contribution >= 4 is 17.8 Å². The molecular weight excluding hydrogens is 340 g/mol. The molecule has 2 fully saturated rings. The van der Waals surface area contributed by atoms with Crippen molar-refractivity contribution in [3.8, 4) is 0 Å². The summed E-state index contributed by atoms with van der Waals surface area (Å²) < 4.78 is 0. The second kappa shape index (κ2) is 8.32. The van der Waals surface area contributed by atoms with Crippen LogP contribution in [0, 0.1) is 5.41 Å². The second-order valence-electron chi connectivity index (χ2n) is 8.13. The van der Waals surface area contributed by atoms with Crippen molar-refractivity contribution < 1.29 is 24.6 Å². The van der Waals surface area contributed by atoms with Gasteiger partial charge in [-0.1, -0.05) is 20.8 Å². The molecular formula is C17H30N4O5. The van der Waals surface area contributed by atoms with Crippen molar-refractivity contribution in [3.05, 3.63) is 0 Å². The van der Waals surface area contributed by atoms with Gasteiger partial charge in [-0.15, -0.1) is 0 Å². The maximum Gasteiger partial charge on any atom is 0.326 e. The van der Waals surface area contributed by atoms with Gasteiger partial charge >= 0.3 is 5.97 Å².